The Kier molecular flexibility index (Phi) is 6.73. The molecule has 2 aromatic rings. The quantitative estimate of drug-likeness (QED) is 0.563. The minimum atomic E-state index is -0.685. The lowest BCUT2D eigenvalue weighted by Gasteiger charge is -2.43. The molecular weight excluding hydrogens is 553 g/mol. The summed E-state index contributed by atoms with van der Waals surface area (Å²) in [5, 5.41) is 10.6. The predicted octanol–water partition coefficient (Wildman–Crippen LogP) is 3.99. The van der Waals surface area contributed by atoms with E-state index in [1.165, 1.54) is 18.2 Å². The lowest BCUT2D eigenvalue weighted by atomic mass is 10.0. The Bertz CT molecular complexity index is 1390. The van der Waals surface area contributed by atoms with E-state index in [2.05, 4.69) is 16.8 Å². The maximum Gasteiger partial charge on any atom is 0.410 e. The van der Waals surface area contributed by atoms with E-state index in [9.17, 15) is 14.7 Å². The summed E-state index contributed by atoms with van der Waals surface area (Å²) < 4.78 is 27.0. The molecule has 4 aliphatic rings. The number of aromatic hydroxyl groups is 1. The number of hydrogen-bond donors (Lipinski definition) is 1. The molecule has 220 valence electrons. The van der Waals surface area contributed by atoms with Crippen molar-refractivity contribution >= 4 is 29.4 Å². The van der Waals surface area contributed by atoms with Gasteiger partial charge >= 0.3 is 6.09 Å². The summed E-state index contributed by atoms with van der Waals surface area (Å²) in [6.07, 6.45) is 1.42. The van der Waals surface area contributed by atoms with E-state index < -0.39 is 23.6 Å². The van der Waals surface area contributed by atoms with Crippen molar-refractivity contribution in [3.05, 3.63) is 34.6 Å². The van der Waals surface area contributed by atoms with E-state index in [1.807, 2.05) is 20.8 Å². The van der Waals surface area contributed by atoms with Crippen molar-refractivity contribution in [3.63, 3.8) is 0 Å². The van der Waals surface area contributed by atoms with Crippen LogP contribution in [0.2, 0.25) is 5.02 Å². The maximum atomic E-state index is 15.1. The van der Waals surface area contributed by atoms with Gasteiger partial charge in [-0.1, -0.05) is 17.7 Å². The highest BCUT2D eigenvalue weighted by atomic mass is 35.5. The van der Waals surface area contributed by atoms with Gasteiger partial charge in [-0.3, -0.25) is 4.79 Å². The largest absolute Gasteiger partial charge is 0.507 e. The number of nitrogens with zero attached hydrogens (tertiary/aromatic N) is 5. The number of amides is 2. The monoisotopic (exact) mass is 587 g/mol. The van der Waals surface area contributed by atoms with Gasteiger partial charge in [-0.25, -0.2) is 14.2 Å². The van der Waals surface area contributed by atoms with Gasteiger partial charge in [-0.2, -0.15) is 0 Å². The number of carbonyl (C=O) groups excluding carboxylic acids is 2. The van der Waals surface area contributed by atoms with Crippen LogP contribution in [0.25, 0.3) is 11.3 Å². The van der Waals surface area contributed by atoms with Gasteiger partial charge in [0.1, 0.15) is 45.9 Å². The lowest BCUT2D eigenvalue weighted by Crippen LogP contribution is -2.58. The second-order valence-corrected chi connectivity index (χ2v) is 12.8. The number of rotatable bonds is 2. The van der Waals surface area contributed by atoms with Crippen molar-refractivity contribution < 1.29 is 28.6 Å². The first-order valence-electron chi connectivity index (χ1n) is 14.0. The molecule has 2 amide bonds. The van der Waals surface area contributed by atoms with Crippen LogP contribution in [-0.2, 0) is 4.74 Å². The third-order valence-electron chi connectivity index (χ3n) is 8.26. The Hall–Kier alpha value is -3.31. The first-order chi connectivity index (χ1) is 19.4. The summed E-state index contributed by atoms with van der Waals surface area (Å²) in [5.41, 5.74) is -0.732. The van der Waals surface area contributed by atoms with Crippen molar-refractivity contribution in [3.8, 4) is 22.8 Å². The van der Waals surface area contributed by atoms with Crippen LogP contribution < -0.4 is 9.64 Å². The van der Waals surface area contributed by atoms with Crippen molar-refractivity contribution in [2.24, 2.45) is 0 Å². The first kappa shape index (κ1) is 27.8. The third kappa shape index (κ3) is 4.92. The number of piperazine rings is 2. The standard InChI is InChI=1S/C29H35ClFN5O5/c1-28(2,3)41-27(39)34-11-12-35-17(14-34)15-40-24-21(26(35)38)25(36-13-10-33(4)16-29(36)8-9-29)32-23(22(24)30)20-18(31)6-5-7-19(20)37/h5-7,17,37H,8-16H2,1-4H3/t17-/m1/s1. The van der Waals surface area contributed by atoms with E-state index in [4.69, 9.17) is 26.1 Å². The molecule has 1 aromatic carbocycles. The Balaban J connectivity index is 1.44. The van der Waals surface area contributed by atoms with Crippen molar-refractivity contribution in [1.82, 2.24) is 19.7 Å². The van der Waals surface area contributed by atoms with Gasteiger partial charge in [0.15, 0.2) is 5.75 Å². The van der Waals surface area contributed by atoms with Crippen molar-refractivity contribution in [1.29, 1.82) is 0 Å². The predicted molar refractivity (Wildman–Crippen MR) is 151 cm³/mol. The molecule has 1 N–H and O–H groups in total. The fourth-order valence-electron chi connectivity index (χ4n) is 6.12. The number of fused-ring (bicyclic) bond motifs is 2. The number of benzene rings is 1. The topological polar surface area (TPSA) is 98.7 Å². The zero-order chi connectivity index (χ0) is 29.3. The van der Waals surface area contributed by atoms with Gasteiger partial charge in [0.2, 0.25) is 0 Å². The molecule has 2 saturated heterocycles. The Morgan fingerprint density at radius 3 is 2.63 bits per heavy atom. The number of likely N-dealkylation sites (N-methyl/N-ethyl adjacent to an activating group) is 1. The smallest absolute Gasteiger partial charge is 0.410 e. The number of hydrogen-bond acceptors (Lipinski definition) is 8. The molecule has 1 aliphatic carbocycles. The van der Waals surface area contributed by atoms with Crippen LogP contribution >= 0.6 is 11.6 Å². The molecular formula is C29H35ClFN5O5. The van der Waals surface area contributed by atoms with Gasteiger partial charge in [0.25, 0.3) is 5.91 Å². The first-order valence-corrected chi connectivity index (χ1v) is 14.4. The minimum absolute atomic E-state index is 0.0220. The summed E-state index contributed by atoms with van der Waals surface area (Å²) in [7, 11) is 2.07. The second-order valence-electron chi connectivity index (χ2n) is 12.4. The summed E-state index contributed by atoms with van der Waals surface area (Å²) in [4.78, 5) is 39.7. The van der Waals surface area contributed by atoms with Crippen molar-refractivity contribution in [2.45, 2.75) is 50.8 Å². The van der Waals surface area contributed by atoms with Crippen LogP contribution in [0.3, 0.4) is 0 Å². The van der Waals surface area contributed by atoms with E-state index >= 15 is 4.39 Å². The number of phenols is 1. The lowest BCUT2D eigenvalue weighted by molar-refractivity contribution is 0.000951. The van der Waals surface area contributed by atoms with Gasteiger partial charge < -0.3 is 34.2 Å². The van der Waals surface area contributed by atoms with Gasteiger partial charge in [-0.15, -0.1) is 0 Å². The summed E-state index contributed by atoms with van der Waals surface area (Å²) in [6, 6.07) is 3.56. The van der Waals surface area contributed by atoms with Crippen molar-refractivity contribution in [2.75, 3.05) is 57.8 Å². The maximum absolute atomic E-state index is 15.1. The Morgan fingerprint density at radius 1 is 1.20 bits per heavy atom. The molecule has 3 aliphatic heterocycles. The van der Waals surface area contributed by atoms with E-state index in [0.29, 0.717) is 18.9 Å². The summed E-state index contributed by atoms with van der Waals surface area (Å²) in [6.45, 7) is 8.49. The average molecular weight is 588 g/mol. The molecule has 1 atom stereocenters. The highest BCUT2D eigenvalue weighted by Crippen LogP contribution is 2.51. The molecule has 0 radical (unpaired) electrons. The van der Waals surface area contributed by atoms with E-state index in [-0.39, 0.29) is 64.5 Å². The summed E-state index contributed by atoms with van der Waals surface area (Å²) >= 11 is 6.87. The molecule has 0 unspecified atom stereocenters. The zero-order valence-electron chi connectivity index (χ0n) is 23.7. The summed E-state index contributed by atoms with van der Waals surface area (Å²) in [5.74, 6) is -0.791. The number of pyridine rings is 1. The molecule has 1 saturated carbocycles. The fraction of sp³-hybridized carbons (Fsp3) is 0.552. The van der Waals surface area contributed by atoms with E-state index in [0.717, 1.165) is 25.9 Å². The molecule has 6 rings (SSSR count). The van der Waals surface area contributed by atoms with Gasteiger partial charge in [0, 0.05) is 39.3 Å². The number of carbonyl (C=O) groups is 2. The van der Waals surface area contributed by atoms with Crippen LogP contribution in [0.5, 0.6) is 11.5 Å². The van der Waals surface area contributed by atoms with Gasteiger partial charge in [0.05, 0.1) is 17.1 Å². The molecule has 1 aromatic heterocycles. The van der Waals surface area contributed by atoms with Gasteiger partial charge in [-0.05, 0) is 52.8 Å². The highest BCUT2D eigenvalue weighted by molar-refractivity contribution is 6.35. The van der Waals surface area contributed by atoms with Crippen LogP contribution in [-0.4, -0.2) is 107 Å². The number of aromatic nitrogens is 1. The molecule has 10 nitrogen and oxygen atoms in total. The zero-order valence-corrected chi connectivity index (χ0v) is 24.5. The molecule has 1 spiro atoms. The molecule has 41 heavy (non-hydrogen) atoms. The van der Waals surface area contributed by atoms with Crippen LogP contribution in [0, 0.1) is 5.82 Å². The molecule has 12 heteroatoms. The number of phenolic OH excluding ortho intramolecular Hbond substituents is 1. The second kappa shape index (κ2) is 9.90. The Morgan fingerprint density at radius 2 is 1.95 bits per heavy atom. The molecule has 0 bridgehead atoms. The van der Waals surface area contributed by atoms with Crippen LogP contribution in [0.4, 0.5) is 15.0 Å². The fourth-order valence-corrected chi connectivity index (χ4v) is 6.41. The molecule has 4 heterocycles. The van der Waals surface area contributed by atoms with Crippen LogP contribution in [0.1, 0.15) is 44.0 Å². The SMILES string of the molecule is CN1CCN(c2nc(-c3c(O)cccc3F)c(Cl)c3c2C(=O)N2CCN(C(=O)OC(C)(C)C)C[C@@H]2CO3)C2(CC2)C1. The minimum Gasteiger partial charge on any atom is -0.507 e. The van der Waals surface area contributed by atoms with Crippen LogP contribution in [0.15, 0.2) is 18.2 Å². The number of anilines is 1. The normalized spacial score (nSPS) is 22.1. The number of halogens is 2. The average Bonchev–Trinajstić information content (AvgIpc) is 3.67. The molecule has 3 fully saturated rings. The Labute approximate surface area is 243 Å². The number of ether oxygens (including phenoxy) is 2. The third-order valence-corrected chi connectivity index (χ3v) is 8.61. The highest BCUT2D eigenvalue weighted by Gasteiger charge is 2.53. The van der Waals surface area contributed by atoms with E-state index in [1.54, 1.807) is 9.80 Å².